The van der Waals surface area contributed by atoms with E-state index in [1.165, 1.54) is 19.3 Å². The van der Waals surface area contributed by atoms with Crippen molar-refractivity contribution in [2.24, 2.45) is 5.92 Å². The second-order valence-electron chi connectivity index (χ2n) is 8.91. The van der Waals surface area contributed by atoms with Crippen LogP contribution < -0.4 is 9.80 Å². The zero-order chi connectivity index (χ0) is 23.1. The van der Waals surface area contributed by atoms with Crippen LogP contribution in [0.15, 0.2) is 53.7 Å². The highest BCUT2D eigenvalue weighted by molar-refractivity contribution is 7.99. The van der Waals surface area contributed by atoms with Gasteiger partial charge in [-0.15, -0.1) is 10.2 Å². The molecule has 0 aliphatic rings. The summed E-state index contributed by atoms with van der Waals surface area (Å²) in [5.74, 6) is 1.78. The Hall–Kier alpha value is -2.60. The number of thioether (sulfide) groups is 1. The Morgan fingerprint density at radius 3 is 1.75 bits per heavy atom. The molecule has 5 nitrogen and oxygen atoms in total. The molecule has 0 spiro atoms. The molecule has 1 aromatic heterocycles. The fraction of sp³-hybridized carbons (Fsp3) is 0.423. The van der Waals surface area contributed by atoms with E-state index in [2.05, 4.69) is 82.4 Å². The van der Waals surface area contributed by atoms with Gasteiger partial charge in [0, 0.05) is 56.4 Å². The number of hydrogen-bond acceptors (Lipinski definition) is 6. The molecule has 0 bridgehead atoms. The molecule has 2 aromatic carbocycles. The molecule has 0 aliphatic heterocycles. The standard InChI is InChI=1S/C26H35N5S/c1-19(2)9-7-8-18-32-26-27-24(20-10-14-22(15-11-20)30(3)4)25(28-29-26)21-12-16-23(17-13-21)31(5)6/h10-17,19H,7-9,18H2,1-6H3. The summed E-state index contributed by atoms with van der Waals surface area (Å²) in [7, 11) is 8.18. The van der Waals surface area contributed by atoms with Crippen LogP contribution in [-0.2, 0) is 0 Å². The SMILES string of the molecule is CC(C)CCCCSc1nnc(-c2ccc(N(C)C)cc2)c(-c2ccc(N(C)C)cc2)n1. The van der Waals surface area contributed by atoms with Crippen LogP contribution >= 0.6 is 11.8 Å². The summed E-state index contributed by atoms with van der Waals surface area (Å²) in [4.78, 5) is 9.14. The maximum atomic E-state index is 4.95. The van der Waals surface area contributed by atoms with Crippen LogP contribution in [0.4, 0.5) is 11.4 Å². The Morgan fingerprint density at radius 1 is 0.719 bits per heavy atom. The summed E-state index contributed by atoms with van der Waals surface area (Å²) in [5.41, 5.74) is 6.09. The fourth-order valence-electron chi connectivity index (χ4n) is 3.42. The lowest BCUT2D eigenvalue weighted by molar-refractivity contribution is 0.551. The average Bonchev–Trinajstić information content (AvgIpc) is 2.78. The van der Waals surface area contributed by atoms with Crippen molar-refractivity contribution in [2.75, 3.05) is 43.7 Å². The molecule has 0 amide bonds. The molecule has 3 aromatic rings. The van der Waals surface area contributed by atoms with Gasteiger partial charge in [0.25, 0.3) is 0 Å². The molecule has 0 N–H and O–H groups in total. The maximum absolute atomic E-state index is 4.95. The number of benzene rings is 2. The third kappa shape index (κ3) is 6.45. The van der Waals surface area contributed by atoms with Gasteiger partial charge >= 0.3 is 0 Å². The van der Waals surface area contributed by atoms with E-state index in [0.717, 1.165) is 50.7 Å². The summed E-state index contributed by atoms with van der Waals surface area (Å²) < 4.78 is 0. The van der Waals surface area contributed by atoms with Crippen LogP contribution in [-0.4, -0.2) is 49.1 Å². The van der Waals surface area contributed by atoms with Crippen LogP contribution in [0, 0.1) is 5.92 Å². The van der Waals surface area contributed by atoms with E-state index in [0.29, 0.717) is 0 Å². The largest absolute Gasteiger partial charge is 0.378 e. The average molecular weight is 450 g/mol. The first kappa shape index (κ1) is 24.1. The molecule has 0 atom stereocenters. The first-order valence-electron chi connectivity index (χ1n) is 11.3. The Morgan fingerprint density at radius 2 is 1.25 bits per heavy atom. The minimum atomic E-state index is 0.745. The van der Waals surface area contributed by atoms with Crippen molar-refractivity contribution in [2.45, 2.75) is 38.3 Å². The molecular weight excluding hydrogens is 414 g/mol. The summed E-state index contributed by atoms with van der Waals surface area (Å²) in [6.45, 7) is 4.55. The van der Waals surface area contributed by atoms with Crippen LogP contribution in [0.2, 0.25) is 0 Å². The first-order valence-corrected chi connectivity index (χ1v) is 12.3. The van der Waals surface area contributed by atoms with E-state index < -0.39 is 0 Å². The van der Waals surface area contributed by atoms with Crippen molar-refractivity contribution in [3.63, 3.8) is 0 Å². The van der Waals surface area contributed by atoms with Crippen molar-refractivity contribution in [3.05, 3.63) is 48.5 Å². The number of nitrogens with zero attached hydrogens (tertiary/aromatic N) is 5. The van der Waals surface area contributed by atoms with E-state index in [9.17, 15) is 0 Å². The molecule has 1 heterocycles. The minimum absolute atomic E-state index is 0.745. The highest BCUT2D eigenvalue weighted by atomic mass is 32.2. The normalized spacial score (nSPS) is 11.1. The van der Waals surface area contributed by atoms with Gasteiger partial charge in [-0.3, -0.25) is 0 Å². The van der Waals surface area contributed by atoms with Crippen molar-refractivity contribution >= 4 is 23.1 Å². The van der Waals surface area contributed by atoms with Crippen LogP contribution in [0.25, 0.3) is 22.5 Å². The second-order valence-corrected chi connectivity index (χ2v) is 9.97. The Balaban J connectivity index is 1.89. The number of anilines is 2. The van der Waals surface area contributed by atoms with Gasteiger partial charge in [0.1, 0.15) is 11.4 Å². The fourth-order valence-corrected chi connectivity index (χ4v) is 4.21. The summed E-state index contributed by atoms with van der Waals surface area (Å²) in [6, 6.07) is 16.9. The molecule has 0 saturated heterocycles. The van der Waals surface area contributed by atoms with Crippen molar-refractivity contribution in [3.8, 4) is 22.5 Å². The van der Waals surface area contributed by atoms with Crippen molar-refractivity contribution < 1.29 is 0 Å². The summed E-state index contributed by atoms with van der Waals surface area (Å²) >= 11 is 1.70. The lowest BCUT2D eigenvalue weighted by Gasteiger charge is -2.15. The number of rotatable bonds is 10. The third-order valence-electron chi connectivity index (χ3n) is 5.39. The second kappa shape index (κ2) is 11.3. The number of hydrogen-bond donors (Lipinski definition) is 0. The smallest absolute Gasteiger partial charge is 0.209 e. The van der Waals surface area contributed by atoms with E-state index in [1.54, 1.807) is 11.8 Å². The molecule has 170 valence electrons. The first-order chi connectivity index (χ1) is 15.3. The third-order valence-corrected chi connectivity index (χ3v) is 6.31. The monoisotopic (exact) mass is 449 g/mol. The maximum Gasteiger partial charge on any atom is 0.209 e. The van der Waals surface area contributed by atoms with E-state index in [-0.39, 0.29) is 0 Å². The molecular formula is C26H35N5S. The Bertz CT molecular complexity index is 982. The van der Waals surface area contributed by atoms with Crippen molar-refractivity contribution in [1.82, 2.24) is 15.2 Å². The molecule has 0 saturated carbocycles. The highest BCUT2D eigenvalue weighted by Crippen LogP contribution is 2.32. The summed E-state index contributed by atoms with van der Waals surface area (Å²) in [5, 5.41) is 9.83. The van der Waals surface area contributed by atoms with E-state index in [4.69, 9.17) is 4.98 Å². The zero-order valence-electron chi connectivity index (χ0n) is 20.2. The Labute approximate surface area is 197 Å². The minimum Gasteiger partial charge on any atom is -0.378 e. The van der Waals surface area contributed by atoms with Crippen molar-refractivity contribution in [1.29, 1.82) is 0 Å². The van der Waals surface area contributed by atoms with E-state index >= 15 is 0 Å². The molecule has 0 unspecified atom stereocenters. The quantitative estimate of drug-likeness (QED) is 0.269. The zero-order valence-corrected chi connectivity index (χ0v) is 21.0. The van der Waals surface area contributed by atoms with Gasteiger partial charge in [0.05, 0.1) is 0 Å². The lowest BCUT2D eigenvalue weighted by atomic mass is 10.0. The van der Waals surface area contributed by atoms with Crippen LogP contribution in [0.5, 0.6) is 0 Å². The van der Waals surface area contributed by atoms with Gasteiger partial charge in [0.15, 0.2) is 0 Å². The van der Waals surface area contributed by atoms with Gasteiger partial charge in [-0.2, -0.15) is 0 Å². The van der Waals surface area contributed by atoms with Gasteiger partial charge in [0.2, 0.25) is 5.16 Å². The van der Waals surface area contributed by atoms with Crippen LogP contribution in [0.3, 0.4) is 0 Å². The molecule has 6 heteroatoms. The molecule has 0 fully saturated rings. The molecule has 3 rings (SSSR count). The Kier molecular flexibility index (Phi) is 8.51. The lowest BCUT2D eigenvalue weighted by Crippen LogP contribution is -2.08. The van der Waals surface area contributed by atoms with E-state index in [1.807, 2.05) is 28.2 Å². The van der Waals surface area contributed by atoms with Gasteiger partial charge in [-0.25, -0.2) is 4.98 Å². The number of unbranched alkanes of at least 4 members (excludes halogenated alkanes) is 1. The molecule has 0 aliphatic carbocycles. The number of aromatic nitrogens is 3. The highest BCUT2D eigenvalue weighted by Gasteiger charge is 2.15. The van der Waals surface area contributed by atoms with Crippen LogP contribution in [0.1, 0.15) is 33.1 Å². The summed E-state index contributed by atoms with van der Waals surface area (Å²) in [6.07, 6.45) is 3.69. The predicted octanol–water partition coefficient (Wildman–Crippen LogP) is 6.26. The molecule has 32 heavy (non-hydrogen) atoms. The topological polar surface area (TPSA) is 45.2 Å². The van der Waals surface area contributed by atoms with Gasteiger partial charge in [-0.05, 0) is 36.6 Å². The predicted molar refractivity (Wildman–Crippen MR) is 139 cm³/mol. The molecule has 0 radical (unpaired) electrons. The van der Waals surface area contributed by atoms with Gasteiger partial charge < -0.3 is 9.80 Å². The van der Waals surface area contributed by atoms with Gasteiger partial charge in [-0.1, -0.05) is 62.7 Å².